The zero-order valence-electron chi connectivity index (χ0n) is 12.4. The molecule has 0 unspecified atom stereocenters. The monoisotopic (exact) mass is 293 g/mol. The van der Waals surface area contributed by atoms with Gasteiger partial charge in [0.15, 0.2) is 5.84 Å². The highest BCUT2D eigenvalue weighted by molar-refractivity contribution is 6.01. The number of amidine groups is 1. The molecule has 0 amide bonds. The number of aliphatic hydroxyl groups excluding tert-OH is 1. The minimum absolute atomic E-state index is 0.241. The third kappa shape index (κ3) is 2.40. The van der Waals surface area contributed by atoms with E-state index in [0.29, 0.717) is 6.54 Å². The third-order valence-electron chi connectivity index (χ3n) is 4.30. The van der Waals surface area contributed by atoms with Crippen molar-refractivity contribution in [3.8, 4) is 0 Å². The largest absolute Gasteiger partial charge is 0.392 e. The van der Waals surface area contributed by atoms with Crippen LogP contribution in [0.4, 0.5) is 5.69 Å². The van der Waals surface area contributed by atoms with E-state index < -0.39 is 0 Å². The first-order valence-electron chi connectivity index (χ1n) is 7.74. The van der Waals surface area contributed by atoms with Crippen molar-refractivity contribution >= 4 is 11.5 Å². The zero-order valence-corrected chi connectivity index (χ0v) is 12.4. The molecule has 0 radical (unpaired) electrons. The topological polar surface area (TPSA) is 39.1 Å². The van der Waals surface area contributed by atoms with Gasteiger partial charge in [0.2, 0.25) is 0 Å². The molecule has 2 aromatic rings. The van der Waals surface area contributed by atoms with Crippen molar-refractivity contribution in [2.24, 2.45) is 4.99 Å². The van der Waals surface area contributed by atoms with Crippen molar-refractivity contribution in [2.45, 2.75) is 19.1 Å². The van der Waals surface area contributed by atoms with E-state index in [9.17, 15) is 5.11 Å². The Hall–Kier alpha value is -2.17. The smallest absolute Gasteiger partial charge is 0.151 e. The molecule has 2 heterocycles. The summed E-state index contributed by atoms with van der Waals surface area (Å²) < 4.78 is 0. The van der Waals surface area contributed by atoms with Crippen molar-refractivity contribution in [3.05, 3.63) is 65.7 Å². The lowest BCUT2D eigenvalue weighted by molar-refractivity contribution is 0.0477. The summed E-state index contributed by atoms with van der Waals surface area (Å²) in [5, 5.41) is 14.3. The molecule has 0 bridgehead atoms. The lowest BCUT2D eigenvalue weighted by Gasteiger charge is -2.37. The highest BCUT2D eigenvalue weighted by atomic mass is 16.3. The van der Waals surface area contributed by atoms with Gasteiger partial charge in [-0.2, -0.15) is 0 Å². The number of hydrazine groups is 1. The number of hydrogen-bond donors (Lipinski definition) is 1. The van der Waals surface area contributed by atoms with Gasteiger partial charge < -0.3 is 5.11 Å². The highest BCUT2D eigenvalue weighted by Crippen LogP contribution is 2.30. The van der Waals surface area contributed by atoms with Gasteiger partial charge in [-0.3, -0.25) is 5.01 Å². The number of hydrogen-bond acceptors (Lipinski definition) is 4. The summed E-state index contributed by atoms with van der Waals surface area (Å²) in [4.78, 5) is 4.89. The predicted molar refractivity (Wildman–Crippen MR) is 86.8 cm³/mol. The van der Waals surface area contributed by atoms with Crippen LogP contribution in [0.3, 0.4) is 0 Å². The fourth-order valence-electron chi connectivity index (χ4n) is 3.14. The molecule has 0 saturated carbocycles. The molecule has 0 aliphatic carbocycles. The first kappa shape index (κ1) is 13.5. The summed E-state index contributed by atoms with van der Waals surface area (Å²) >= 11 is 0. The minimum Gasteiger partial charge on any atom is -0.392 e. The first-order valence-corrected chi connectivity index (χ1v) is 7.74. The van der Waals surface area contributed by atoms with Crippen molar-refractivity contribution in [1.29, 1.82) is 0 Å². The van der Waals surface area contributed by atoms with Crippen molar-refractivity contribution in [1.82, 2.24) is 10.0 Å². The van der Waals surface area contributed by atoms with Gasteiger partial charge in [-0.1, -0.05) is 48.5 Å². The molecule has 1 N–H and O–H groups in total. The molecule has 112 valence electrons. The first-order chi connectivity index (χ1) is 10.8. The Morgan fingerprint density at radius 2 is 1.77 bits per heavy atom. The molecule has 1 atom stereocenters. The molecule has 1 fully saturated rings. The summed E-state index contributed by atoms with van der Waals surface area (Å²) in [6.45, 7) is 2.35. The summed E-state index contributed by atoms with van der Waals surface area (Å²) in [7, 11) is 0. The lowest BCUT2D eigenvalue weighted by Crippen LogP contribution is -2.46. The molecule has 1 saturated heterocycles. The average Bonchev–Trinajstić information content (AvgIpc) is 3.01. The lowest BCUT2D eigenvalue weighted by atomic mass is 10.1. The molecule has 22 heavy (non-hydrogen) atoms. The molecule has 4 rings (SSSR count). The van der Waals surface area contributed by atoms with Gasteiger partial charge in [0.1, 0.15) is 0 Å². The minimum atomic E-state index is -0.241. The SMILES string of the molecule is O[C@H]1CCN(N2Cc3ccccc3N=C2c2ccccc2)C1. The Labute approximate surface area is 130 Å². The fraction of sp³-hybridized carbons (Fsp3) is 0.278. The summed E-state index contributed by atoms with van der Waals surface area (Å²) in [6, 6.07) is 18.5. The predicted octanol–water partition coefficient (Wildman–Crippen LogP) is 2.56. The van der Waals surface area contributed by atoms with Gasteiger partial charge in [0, 0.05) is 18.7 Å². The normalized spacial score (nSPS) is 21.6. The second kappa shape index (κ2) is 5.55. The van der Waals surface area contributed by atoms with E-state index in [1.54, 1.807) is 0 Å². The highest BCUT2D eigenvalue weighted by Gasteiger charge is 2.30. The van der Waals surface area contributed by atoms with Crippen LogP contribution in [-0.4, -0.2) is 40.2 Å². The van der Waals surface area contributed by atoms with E-state index in [2.05, 4.69) is 40.3 Å². The van der Waals surface area contributed by atoms with E-state index in [-0.39, 0.29) is 6.10 Å². The van der Waals surface area contributed by atoms with Crippen LogP contribution in [0.15, 0.2) is 59.6 Å². The van der Waals surface area contributed by atoms with Gasteiger partial charge in [-0.05, 0) is 18.1 Å². The number of β-amino-alcohol motifs (C(OH)–C–C–N with tert-alkyl or cyclic N) is 1. The van der Waals surface area contributed by atoms with Gasteiger partial charge in [-0.15, -0.1) is 0 Å². The van der Waals surface area contributed by atoms with Crippen molar-refractivity contribution < 1.29 is 5.11 Å². The standard InChI is InChI=1S/C18H19N3O/c22-16-10-11-20(13-16)21-12-15-8-4-5-9-17(15)19-18(21)14-6-2-1-3-7-14/h1-9,16,22H,10-13H2/t16-/m0/s1. The van der Waals surface area contributed by atoms with Crippen LogP contribution in [0.5, 0.6) is 0 Å². The van der Waals surface area contributed by atoms with Gasteiger partial charge in [-0.25, -0.2) is 10.0 Å². The number of aliphatic hydroxyl groups is 1. The second-order valence-corrected chi connectivity index (χ2v) is 5.84. The summed E-state index contributed by atoms with van der Waals surface area (Å²) in [5.41, 5.74) is 3.37. The zero-order chi connectivity index (χ0) is 14.9. The maximum atomic E-state index is 9.87. The van der Waals surface area contributed by atoms with E-state index in [0.717, 1.165) is 36.6 Å². The van der Waals surface area contributed by atoms with Crippen molar-refractivity contribution in [3.63, 3.8) is 0 Å². The second-order valence-electron chi connectivity index (χ2n) is 5.84. The quantitative estimate of drug-likeness (QED) is 0.925. The van der Waals surface area contributed by atoms with Gasteiger partial charge in [0.05, 0.1) is 18.3 Å². The van der Waals surface area contributed by atoms with E-state index in [1.165, 1.54) is 5.56 Å². The Balaban J connectivity index is 1.77. The molecule has 0 aromatic heterocycles. The number of fused-ring (bicyclic) bond motifs is 1. The van der Waals surface area contributed by atoms with Crippen LogP contribution in [-0.2, 0) is 6.54 Å². The Morgan fingerprint density at radius 3 is 2.55 bits per heavy atom. The molecule has 2 aliphatic heterocycles. The Kier molecular flexibility index (Phi) is 3.41. The number of para-hydroxylation sites is 1. The van der Waals surface area contributed by atoms with Crippen molar-refractivity contribution in [2.75, 3.05) is 13.1 Å². The van der Waals surface area contributed by atoms with Crippen LogP contribution in [0, 0.1) is 0 Å². The number of rotatable bonds is 2. The van der Waals surface area contributed by atoms with Crippen LogP contribution in [0.2, 0.25) is 0 Å². The Bertz CT molecular complexity index is 698. The van der Waals surface area contributed by atoms with Crippen LogP contribution in [0.1, 0.15) is 17.5 Å². The van der Waals surface area contributed by atoms with E-state index >= 15 is 0 Å². The Morgan fingerprint density at radius 1 is 1.00 bits per heavy atom. The summed E-state index contributed by atoms with van der Waals surface area (Å²) in [5.74, 6) is 0.966. The molecule has 2 aromatic carbocycles. The maximum absolute atomic E-state index is 9.87. The third-order valence-corrected chi connectivity index (χ3v) is 4.30. The number of nitrogens with zero attached hydrogens (tertiary/aromatic N) is 3. The molecule has 4 nitrogen and oxygen atoms in total. The molecule has 4 heteroatoms. The van der Waals surface area contributed by atoms with Crippen LogP contribution < -0.4 is 0 Å². The number of aliphatic imine (C=N–C) groups is 1. The average molecular weight is 293 g/mol. The van der Waals surface area contributed by atoms with Crippen LogP contribution >= 0.6 is 0 Å². The van der Waals surface area contributed by atoms with Crippen LogP contribution in [0.25, 0.3) is 0 Å². The number of benzene rings is 2. The molecular weight excluding hydrogens is 274 g/mol. The molecule has 0 spiro atoms. The van der Waals surface area contributed by atoms with E-state index in [1.807, 2.05) is 24.3 Å². The van der Waals surface area contributed by atoms with Gasteiger partial charge >= 0.3 is 0 Å². The molecule has 2 aliphatic rings. The molecular formula is C18H19N3O. The van der Waals surface area contributed by atoms with Gasteiger partial charge in [0.25, 0.3) is 0 Å². The fourth-order valence-corrected chi connectivity index (χ4v) is 3.14. The maximum Gasteiger partial charge on any atom is 0.151 e. The van der Waals surface area contributed by atoms with E-state index in [4.69, 9.17) is 4.99 Å². The summed E-state index contributed by atoms with van der Waals surface area (Å²) in [6.07, 6.45) is 0.578.